The predicted octanol–water partition coefficient (Wildman–Crippen LogP) is 0.994. The third kappa shape index (κ3) is 3.56. The van der Waals surface area contributed by atoms with Crippen molar-refractivity contribution in [2.24, 2.45) is 0 Å². The van der Waals surface area contributed by atoms with Crippen LogP contribution >= 0.6 is 0 Å². The summed E-state index contributed by atoms with van der Waals surface area (Å²) in [5.74, 6) is 0. The Morgan fingerprint density at radius 3 is 2.50 bits per heavy atom. The van der Waals surface area contributed by atoms with Crippen LogP contribution in [0.3, 0.4) is 0 Å². The van der Waals surface area contributed by atoms with Gasteiger partial charge >= 0.3 is 0 Å². The molecule has 0 spiro atoms. The minimum atomic E-state index is -0.234. The monoisotopic (exact) mass is 201 g/mol. The fourth-order valence-corrected chi connectivity index (χ4v) is 2.22. The molecule has 0 aromatic heterocycles. The van der Waals surface area contributed by atoms with E-state index in [9.17, 15) is 5.11 Å². The van der Waals surface area contributed by atoms with Crippen LogP contribution in [0, 0.1) is 0 Å². The summed E-state index contributed by atoms with van der Waals surface area (Å²) >= 11 is 0. The van der Waals surface area contributed by atoms with Gasteiger partial charge in [-0.3, -0.25) is 4.90 Å². The fourth-order valence-electron chi connectivity index (χ4n) is 2.22. The molecule has 0 bridgehead atoms. The number of aliphatic hydroxyl groups excluding tert-OH is 2. The zero-order valence-corrected chi connectivity index (χ0v) is 9.15. The normalized spacial score (nSPS) is 20.6. The Labute approximate surface area is 86.7 Å². The topological polar surface area (TPSA) is 43.7 Å². The molecule has 1 saturated carbocycles. The lowest BCUT2D eigenvalue weighted by atomic mass is 10.1. The van der Waals surface area contributed by atoms with Crippen molar-refractivity contribution >= 4 is 0 Å². The molecule has 1 unspecified atom stereocenters. The number of rotatable bonds is 6. The molecule has 0 aliphatic heterocycles. The van der Waals surface area contributed by atoms with Gasteiger partial charge in [-0.05, 0) is 19.3 Å². The summed E-state index contributed by atoms with van der Waals surface area (Å²) in [5, 5.41) is 18.6. The van der Waals surface area contributed by atoms with Crippen LogP contribution in [0.1, 0.15) is 39.0 Å². The van der Waals surface area contributed by atoms with Gasteiger partial charge in [0, 0.05) is 19.1 Å². The first-order valence-electron chi connectivity index (χ1n) is 5.81. The van der Waals surface area contributed by atoms with Gasteiger partial charge in [0.2, 0.25) is 0 Å². The molecule has 1 aliphatic carbocycles. The highest BCUT2D eigenvalue weighted by Crippen LogP contribution is 2.23. The molecule has 0 saturated heterocycles. The van der Waals surface area contributed by atoms with E-state index in [0.29, 0.717) is 12.6 Å². The SMILES string of the molecule is CCC(O)CN(CCO)C1CCCC1. The maximum absolute atomic E-state index is 9.59. The van der Waals surface area contributed by atoms with Crippen LogP contribution in [0.2, 0.25) is 0 Å². The molecule has 2 N–H and O–H groups in total. The molecule has 0 amide bonds. The van der Waals surface area contributed by atoms with E-state index in [1.54, 1.807) is 0 Å². The van der Waals surface area contributed by atoms with E-state index in [-0.39, 0.29) is 12.7 Å². The van der Waals surface area contributed by atoms with Gasteiger partial charge in [-0.15, -0.1) is 0 Å². The Kier molecular flexibility index (Phi) is 5.45. The van der Waals surface area contributed by atoms with E-state index in [2.05, 4.69) is 4.90 Å². The molecule has 0 aromatic rings. The molecule has 1 rings (SSSR count). The molecule has 84 valence electrons. The van der Waals surface area contributed by atoms with Crippen molar-refractivity contribution in [3.05, 3.63) is 0 Å². The van der Waals surface area contributed by atoms with E-state index in [4.69, 9.17) is 5.11 Å². The van der Waals surface area contributed by atoms with Gasteiger partial charge in [0.05, 0.1) is 12.7 Å². The van der Waals surface area contributed by atoms with Crippen molar-refractivity contribution in [3.8, 4) is 0 Å². The summed E-state index contributed by atoms with van der Waals surface area (Å²) in [7, 11) is 0. The lowest BCUT2D eigenvalue weighted by Gasteiger charge is -2.29. The molecule has 3 heteroatoms. The van der Waals surface area contributed by atoms with Crippen LogP contribution in [0.15, 0.2) is 0 Å². The molecule has 1 fully saturated rings. The predicted molar refractivity (Wildman–Crippen MR) is 57.2 cm³/mol. The van der Waals surface area contributed by atoms with Crippen LogP contribution in [-0.4, -0.2) is 47.0 Å². The smallest absolute Gasteiger partial charge is 0.0664 e. The second-order valence-corrected chi connectivity index (χ2v) is 4.22. The summed E-state index contributed by atoms with van der Waals surface area (Å²) in [5.41, 5.74) is 0. The summed E-state index contributed by atoms with van der Waals surface area (Å²) < 4.78 is 0. The van der Waals surface area contributed by atoms with E-state index in [1.165, 1.54) is 25.7 Å². The summed E-state index contributed by atoms with van der Waals surface area (Å²) in [6.07, 6.45) is 5.63. The van der Waals surface area contributed by atoms with Crippen molar-refractivity contribution in [1.82, 2.24) is 4.90 Å². The highest BCUT2D eigenvalue weighted by Gasteiger charge is 2.23. The average Bonchev–Trinajstić information content (AvgIpc) is 2.69. The lowest BCUT2D eigenvalue weighted by molar-refractivity contribution is 0.0724. The Morgan fingerprint density at radius 1 is 1.36 bits per heavy atom. The molecule has 3 nitrogen and oxygen atoms in total. The van der Waals surface area contributed by atoms with Gasteiger partial charge in [0.15, 0.2) is 0 Å². The second kappa shape index (κ2) is 6.38. The maximum atomic E-state index is 9.59. The maximum Gasteiger partial charge on any atom is 0.0664 e. The first kappa shape index (κ1) is 12.0. The van der Waals surface area contributed by atoms with Crippen molar-refractivity contribution in [2.45, 2.75) is 51.2 Å². The summed E-state index contributed by atoms with van der Waals surface area (Å²) in [6.45, 7) is 3.63. The van der Waals surface area contributed by atoms with Gasteiger partial charge in [-0.1, -0.05) is 19.8 Å². The third-order valence-electron chi connectivity index (χ3n) is 3.14. The quantitative estimate of drug-likeness (QED) is 0.673. The van der Waals surface area contributed by atoms with Crippen LogP contribution in [0.4, 0.5) is 0 Å². The molecule has 1 atom stereocenters. The van der Waals surface area contributed by atoms with Gasteiger partial charge in [0.25, 0.3) is 0 Å². The highest BCUT2D eigenvalue weighted by molar-refractivity contribution is 4.78. The highest BCUT2D eigenvalue weighted by atomic mass is 16.3. The van der Waals surface area contributed by atoms with Crippen molar-refractivity contribution in [1.29, 1.82) is 0 Å². The average molecular weight is 201 g/mol. The van der Waals surface area contributed by atoms with E-state index in [0.717, 1.165) is 13.0 Å². The minimum absolute atomic E-state index is 0.201. The molecular weight excluding hydrogens is 178 g/mol. The second-order valence-electron chi connectivity index (χ2n) is 4.22. The van der Waals surface area contributed by atoms with Gasteiger partial charge < -0.3 is 10.2 Å². The first-order valence-corrected chi connectivity index (χ1v) is 5.81. The molecule has 1 aliphatic rings. The van der Waals surface area contributed by atoms with Crippen molar-refractivity contribution in [3.63, 3.8) is 0 Å². The van der Waals surface area contributed by atoms with Gasteiger partial charge in [0.1, 0.15) is 0 Å². The van der Waals surface area contributed by atoms with Crippen LogP contribution in [0.25, 0.3) is 0 Å². The van der Waals surface area contributed by atoms with E-state index in [1.807, 2.05) is 6.92 Å². The molecule has 0 aromatic carbocycles. The number of hydrogen-bond acceptors (Lipinski definition) is 3. The van der Waals surface area contributed by atoms with E-state index >= 15 is 0 Å². The summed E-state index contributed by atoms with van der Waals surface area (Å²) in [6, 6.07) is 0.600. The lowest BCUT2D eigenvalue weighted by Crippen LogP contribution is -2.40. The Balaban J connectivity index is 2.36. The van der Waals surface area contributed by atoms with Gasteiger partial charge in [-0.2, -0.15) is 0 Å². The zero-order chi connectivity index (χ0) is 10.4. The van der Waals surface area contributed by atoms with Gasteiger partial charge in [-0.25, -0.2) is 0 Å². The molecule has 14 heavy (non-hydrogen) atoms. The minimum Gasteiger partial charge on any atom is -0.395 e. The van der Waals surface area contributed by atoms with Crippen molar-refractivity contribution in [2.75, 3.05) is 19.7 Å². The Bertz CT molecular complexity index is 146. The standard InChI is InChI=1S/C11H23NO2/c1-2-11(14)9-12(7-8-13)10-5-3-4-6-10/h10-11,13-14H,2-9H2,1H3. The summed E-state index contributed by atoms with van der Waals surface area (Å²) in [4.78, 5) is 2.25. The van der Waals surface area contributed by atoms with Crippen LogP contribution < -0.4 is 0 Å². The number of nitrogens with zero attached hydrogens (tertiary/aromatic N) is 1. The third-order valence-corrected chi connectivity index (χ3v) is 3.14. The van der Waals surface area contributed by atoms with Crippen LogP contribution in [-0.2, 0) is 0 Å². The molecular formula is C11H23NO2. The molecule has 0 heterocycles. The largest absolute Gasteiger partial charge is 0.395 e. The Morgan fingerprint density at radius 2 is 2.00 bits per heavy atom. The molecule has 0 radical (unpaired) electrons. The number of hydrogen-bond donors (Lipinski definition) is 2. The van der Waals surface area contributed by atoms with Crippen LogP contribution in [0.5, 0.6) is 0 Å². The Hall–Kier alpha value is -0.120. The van der Waals surface area contributed by atoms with E-state index < -0.39 is 0 Å². The zero-order valence-electron chi connectivity index (χ0n) is 9.15. The van der Waals surface area contributed by atoms with Crippen molar-refractivity contribution < 1.29 is 10.2 Å². The number of aliphatic hydroxyl groups is 2. The first-order chi connectivity index (χ1) is 6.77. The fraction of sp³-hybridized carbons (Fsp3) is 1.00.